The number of rotatable bonds is 6. The topological polar surface area (TPSA) is 74.2 Å². The number of nitrogens with one attached hydrogen (secondary N) is 2. The summed E-state index contributed by atoms with van der Waals surface area (Å²) in [5.74, 6) is 1.22. The zero-order valence-electron chi connectivity index (χ0n) is 15.3. The predicted molar refractivity (Wildman–Crippen MR) is 98.7 cm³/mol. The van der Waals surface area contributed by atoms with E-state index in [1.54, 1.807) is 6.26 Å². The molecule has 3 heterocycles. The molecule has 1 amide bonds. The number of fused-ring (bicyclic) bond motifs is 1. The molecule has 0 radical (unpaired) electrons. The molecule has 1 aliphatic heterocycles. The maximum Gasteiger partial charge on any atom is 0.224 e. The van der Waals surface area contributed by atoms with Crippen molar-refractivity contribution in [1.29, 1.82) is 0 Å². The molecule has 1 atom stereocenters. The predicted octanol–water partition coefficient (Wildman–Crippen LogP) is 2.45. The van der Waals surface area contributed by atoms with E-state index in [0.29, 0.717) is 6.54 Å². The lowest BCUT2D eigenvalue weighted by Gasteiger charge is -2.31. The van der Waals surface area contributed by atoms with Crippen LogP contribution >= 0.6 is 0 Å². The normalized spacial score (nSPS) is 20.7. The Labute approximate surface area is 154 Å². The van der Waals surface area contributed by atoms with Gasteiger partial charge in [0.05, 0.1) is 24.4 Å². The van der Waals surface area contributed by atoms with Crippen LogP contribution in [0.4, 0.5) is 0 Å². The molecule has 26 heavy (non-hydrogen) atoms. The second-order valence-corrected chi connectivity index (χ2v) is 7.53. The molecule has 1 saturated heterocycles. The fraction of sp³-hybridized carbons (Fsp3) is 0.600. The SMILES string of the molecule is O=C(NCCc1n[nH]c2c1CCCC2)[C@H]1CCCN(Cc2ccco2)C1. The lowest BCUT2D eigenvalue weighted by atomic mass is 9.95. The van der Waals surface area contributed by atoms with Gasteiger partial charge in [-0.05, 0) is 62.8 Å². The first-order chi connectivity index (χ1) is 12.8. The summed E-state index contributed by atoms with van der Waals surface area (Å²) in [4.78, 5) is 14.9. The lowest BCUT2D eigenvalue weighted by Crippen LogP contribution is -2.43. The molecule has 4 rings (SSSR count). The van der Waals surface area contributed by atoms with E-state index in [1.165, 1.54) is 24.1 Å². The zero-order valence-corrected chi connectivity index (χ0v) is 15.3. The quantitative estimate of drug-likeness (QED) is 0.834. The number of hydrogen-bond donors (Lipinski definition) is 2. The third kappa shape index (κ3) is 4.01. The first kappa shape index (κ1) is 17.3. The third-order valence-electron chi connectivity index (χ3n) is 5.64. The van der Waals surface area contributed by atoms with Crippen LogP contribution in [0, 0.1) is 5.92 Å². The summed E-state index contributed by atoms with van der Waals surface area (Å²) in [5.41, 5.74) is 3.84. The Kier molecular flexibility index (Phi) is 5.39. The maximum absolute atomic E-state index is 12.6. The van der Waals surface area contributed by atoms with E-state index in [1.807, 2.05) is 12.1 Å². The Bertz CT molecular complexity index is 722. The Morgan fingerprint density at radius 2 is 2.27 bits per heavy atom. The number of likely N-dealkylation sites (tertiary alicyclic amines) is 1. The summed E-state index contributed by atoms with van der Waals surface area (Å²) in [6, 6.07) is 3.91. The minimum Gasteiger partial charge on any atom is -0.468 e. The summed E-state index contributed by atoms with van der Waals surface area (Å²) in [7, 11) is 0. The number of aromatic amines is 1. The van der Waals surface area contributed by atoms with Crippen LogP contribution in [0.5, 0.6) is 0 Å². The number of furan rings is 1. The van der Waals surface area contributed by atoms with Crippen LogP contribution in [0.15, 0.2) is 22.8 Å². The van der Waals surface area contributed by atoms with Crippen LogP contribution in [0.1, 0.15) is 48.4 Å². The molecule has 2 N–H and O–H groups in total. The first-order valence-corrected chi connectivity index (χ1v) is 9.87. The molecule has 0 spiro atoms. The molecule has 0 bridgehead atoms. The molecule has 2 aromatic rings. The van der Waals surface area contributed by atoms with Crippen molar-refractivity contribution in [1.82, 2.24) is 20.4 Å². The van der Waals surface area contributed by atoms with Crippen molar-refractivity contribution in [3.63, 3.8) is 0 Å². The van der Waals surface area contributed by atoms with Crippen molar-refractivity contribution in [2.24, 2.45) is 5.92 Å². The molecule has 140 valence electrons. The van der Waals surface area contributed by atoms with Gasteiger partial charge in [-0.1, -0.05) is 0 Å². The van der Waals surface area contributed by atoms with E-state index in [4.69, 9.17) is 4.42 Å². The van der Waals surface area contributed by atoms with Crippen LogP contribution in [0.25, 0.3) is 0 Å². The number of aromatic nitrogens is 2. The molecule has 2 aromatic heterocycles. The minimum absolute atomic E-state index is 0.0758. The fourth-order valence-electron chi connectivity index (χ4n) is 4.24. The second-order valence-electron chi connectivity index (χ2n) is 7.53. The van der Waals surface area contributed by atoms with Crippen LogP contribution in [0.3, 0.4) is 0 Å². The van der Waals surface area contributed by atoms with E-state index in [0.717, 1.165) is 63.2 Å². The highest BCUT2D eigenvalue weighted by molar-refractivity contribution is 5.78. The van der Waals surface area contributed by atoms with Crippen molar-refractivity contribution in [3.8, 4) is 0 Å². The van der Waals surface area contributed by atoms with Gasteiger partial charge in [0.25, 0.3) is 0 Å². The van der Waals surface area contributed by atoms with E-state index in [2.05, 4.69) is 20.4 Å². The highest BCUT2D eigenvalue weighted by Gasteiger charge is 2.26. The highest BCUT2D eigenvalue weighted by Crippen LogP contribution is 2.22. The van der Waals surface area contributed by atoms with Crippen molar-refractivity contribution in [2.75, 3.05) is 19.6 Å². The Morgan fingerprint density at radius 3 is 3.15 bits per heavy atom. The van der Waals surface area contributed by atoms with Gasteiger partial charge in [0.2, 0.25) is 5.91 Å². The Balaban J connectivity index is 1.24. The first-order valence-electron chi connectivity index (χ1n) is 9.87. The molecule has 2 aliphatic rings. The fourth-order valence-corrected chi connectivity index (χ4v) is 4.24. The number of aryl methyl sites for hydroxylation is 1. The number of H-pyrrole nitrogens is 1. The van der Waals surface area contributed by atoms with E-state index >= 15 is 0 Å². The number of amides is 1. The molecule has 1 aliphatic carbocycles. The Morgan fingerprint density at radius 1 is 1.35 bits per heavy atom. The van der Waals surface area contributed by atoms with Gasteiger partial charge >= 0.3 is 0 Å². The van der Waals surface area contributed by atoms with Gasteiger partial charge in [-0.25, -0.2) is 0 Å². The summed E-state index contributed by atoms with van der Waals surface area (Å²) >= 11 is 0. The number of nitrogens with zero attached hydrogens (tertiary/aromatic N) is 2. The number of hydrogen-bond acceptors (Lipinski definition) is 4. The van der Waals surface area contributed by atoms with Crippen molar-refractivity contribution in [2.45, 2.75) is 51.5 Å². The average Bonchev–Trinajstić information content (AvgIpc) is 3.32. The van der Waals surface area contributed by atoms with Gasteiger partial charge in [-0.15, -0.1) is 0 Å². The van der Waals surface area contributed by atoms with E-state index < -0.39 is 0 Å². The summed E-state index contributed by atoms with van der Waals surface area (Å²) in [5, 5.41) is 10.8. The molecular formula is C20H28N4O2. The van der Waals surface area contributed by atoms with Gasteiger partial charge in [0.15, 0.2) is 0 Å². The number of piperidine rings is 1. The number of carbonyl (C=O) groups excluding carboxylic acids is 1. The highest BCUT2D eigenvalue weighted by atomic mass is 16.3. The smallest absolute Gasteiger partial charge is 0.224 e. The Hall–Kier alpha value is -2.08. The third-order valence-corrected chi connectivity index (χ3v) is 5.64. The minimum atomic E-state index is 0.0758. The summed E-state index contributed by atoms with van der Waals surface area (Å²) in [6.45, 7) is 3.30. The van der Waals surface area contributed by atoms with Gasteiger partial charge < -0.3 is 9.73 Å². The van der Waals surface area contributed by atoms with Gasteiger partial charge in [-0.3, -0.25) is 14.8 Å². The summed E-state index contributed by atoms with van der Waals surface area (Å²) < 4.78 is 5.43. The van der Waals surface area contributed by atoms with Gasteiger partial charge in [0.1, 0.15) is 5.76 Å². The molecule has 0 unspecified atom stereocenters. The van der Waals surface area contributed by atoms with Crippen molar-refractivity contribution >= 4 is 5.91 Å². The molecule has 6 nitrogen and oxygen atoms in total. The molecule has 6 heteroatoms. The van der Waals surface area contributed by atoms with Crippen LogP contribution in [-0.4, -0.2) is 40.6 Å². The van der Waals surface area contributed by atoms with Crippen molar-refractivity contribution < 1.29 is 9.21 Å². The number of carbonyl (C=O) groups is 1. The van der Waals surface area contributed by atoms with Gasteiger partial charge in [-0.2, -0.15) is 5.10 Å². The molecule has 0 aromatic carbocycles. The average molecular weight is 356 g/mol. The zero-order chi connectivity index (χ0) is 17.8. The van der Waals surface area contributed by atoms with Crippen molar-refractivity contribution in [3.05, 3.63) is 41.1 Å². The van der Waals surface area contributed by atoms with E-state index in [-0.39, 0.29) is 11.8 Å². The summed E-state index contributed by atoms with van der Waals surface area (Å²) in [6.07, 6.45) is 9.30. The monoisotopic (exact) mass is 356 g/mol. The lowest BCUT2D eigenvalue weighted by molar-refractivity contribution is -0.126. The maximum atomic E-state index is 12.6. The second kappa shape index (κ2) is 8.08. The molecule has 0 saturated carbocycles. The molecular weight excluding hydrogens is 328 g/mol. The van der Waals surface area contributed by atoms with Crippen LogP contribution in [0.2, 0.25) is 0 Å². The largest absolute Gasteiger partial charge is 0.468 e. The standard InChI is InChI=1S/C20H28N4O2/c25-20(15-5-3-11-24(13-15)14-16-6-4-12-26-16)21-10-9-19-17-7-1-2-8-18(17)22-23-19/h4,6,12,15H,1-3,5,7-11,13-14H2,(H,21,25)(H,22,23)/t15-/m0/s1. The van der Waals surface area contributed by atoms with Crippen LogP contribution < -0.4 is 5.32 Å². The van der Waals surface area contributed by atoms with Crippen LogP contribution in [-0.2, 0) is 30.6 Å². The van der Waals surface area contributed by atoms with Gasteiger partial charge in [0, 0.05) is 25.2 Å². The van der Waals surface area contributed by atoms with E-state index in [9.17, 15) is 4.79 Å². The molecule has 1 fully saturated rings.